The number of rotatable bonds is 2. The van der Waals surface area contributed by atoms with E-state index >= 15 is 0 Å². The number of pyridine rings is 1. The van der Waals surface area contributed by atoms with Crippen molar-refractivity contribution in [3.05, 3.63) is 29.8 Å². The summed E-state index contributed by atoms with van der Waals surface area (Å²) in [5.41, 5.74) is -0.904. The van der Waals surface area contributed by atoms with E-state index in [1.54, 1.807) is 0 Å². The number of nitrogens with zero attached hydrogens (tertiary/aromatic N) is 2. The predicted molar refractivity (Wildman–Crippen MR) is 79.4 cm³/mol. The molecule has 0 aromatic carbocycles. The van der Waals surface area contributed by atoms with Gasteiger partial charge < -0.3 is 14.6 Å². The summed E-state index contributed by atoms with van der Waals surface area (Å²) in [5, 5.41) is 2.75. The highest BCUT2D eigenvalue weighted by atomic mass is 19.4. The molecular formula is C16H16F3N3O2. The topological polar surface area (TPSA) is 58.4 Å². The van der Waals surface area contributed by atoms with Crippen LogP contribution in [0.5, 0.6) is 0 Å². The van der Waals surface area contributed by atoms with Crippen LogP contribution in [0.2, 0.25) is 0 Å². The molecule has 0 spiro atoms. The molecule has 3 atom stereocenters. The molecule has 0 saturated carbocycles. The first-order chi connectivity index (χ1) is 11.4. The molecule has 8 heteroatoms. The van der Waals surface area contributed by atoms with Gasteiger partial charge in [0.2, 0.25) is 0 Å². The first-order valence-electron chi connectivity index (χ1n) is 7.88. The number of nitrogens with one attached hydrogen (secondary N) is 1. The largest absolute Gasteiger partial charge is 0.462 e. The van der Waals surface area contributed by atoms with Crippen molar-refractivity contribution < 1.29 is 22.4 Å². The van der Waals surface area contributed by atoms with Crippen LogP contribution in [0.4, 0.5) is 13.2 Å². The van der Waals surface area contributed by atoms with Crippen LogP contribution in [-0.2, 0) is 6.18 Å². The minimum Gasteiger partial charge on any atom is -0.462 e. The molecule has 0 aliphatic carbocycles. The molecule has 2 aromatic rings. The van der Waals surface area contributed by atoms with Gasteiger partial charge in [0.05, 0.1) is 6.20 Å². The van der Waals surface area contributed by atoms with E-state index in [0.29, 0.717) is 12.2 Å². The molecular weight excluding hydrogens is 323 g/mol. The maximum Gasteiger partial charge on any atom is 0.420 e. The number of aromatic nitrogens is 1. The van der Waals surface area contributed by atoms with Crippen molar-refractivity contribution >= 4 is 16.9 Å². The lowest BCUT2D eigenvalue weighted by molar-refractivity contribution is -0.136. The van der Waals surface area contributed by atoms with E-state index in [9.17, 15) is 18.0 Å². The van der Waals surface area contributed by atoms with Crippen LogP contribution in [0, 0.1) is 5.92 Å². The average Bonchev–Trinajstić information content (AvgIpc) is 3.09. The zero-order valence-electron chi connectivity index (χ0n) is 12.8. The minimum atomic E-state index is -4.53. The predicted octanol–water partition coefficient (Wildman–Crippen LogP) is 2.67. The van der Waals surface area contributed by atoms with Gasteiger partial charge in [-0.25, -0.2) is 4.98 Å². The number of hydrogen-bond acceptors (Lipinski definition) is 4. The molecule has 1 N–H and O–H groups in total. The quantitative estimate of drug-likeness (QED) is 0.914. The summed E-state index contributed by atoms with van der Waals surface area (Å²) in [5.74, 6) is 0.143. The molecule has 2 aliphatic rings. The van der Waals surface area contributed by atoms with Gasteiger partial charge in [-0.1, -0.05) is 0 Å². The van der Waals surface area contributed by atoms with Crippen molar-refractivity contribution in [2.24, 2.45) is 5.92 Å². The number of amides is 1. The Hall–Kier alpha value is -2.09. The Morgan fingerprint density at radius 1 is 1.38 bits per heavy atom. The van der Waals surface area contributed by atoms with Gasteiger partial charge in [-0.2, -0.15) is 13.2 Å². The molecule has 0 radical (unpaired) electrons. The van der Waals surface area contributed by atoms with E-state index in [2.05, 4.69) is 15.2 Å². The van der Waals surface area contributed by atoms with Gasteiger partial charge in [0.25, 0.3) is 5.91 Å². The maximum atomic E-state index is 13.0. The van der Waals surface area contributed by atoms with Crippen molar-refractivity contribution in [1.82, 2.24) is 15.2 Å². The SMILES string of the molecule is O=C(N[C@@H]1C[C@@H]2CCN(C2)C1)c1cc2c(C(F)(F)F)coc2cn1. The van der Waals surface area contributed by atoms with Crippen LogP contribution in [0.1, 0.15) is 28.9 Å². The second-order valence-corrected chi connectivity index (χ2v) is 6.53. The van der Waals surface area contributed by atoms with E-state index in [0.717, 1.165) is 44.7 Å². The third kappa shape index (κ3) is 2.75. The fourth-order valence-corrected chi connectivity index (χ4v) is 3.70. The van der Waals surface area contributed by atoms with Crippen molar-refractivity contribution in [1.29, 1.82) is 0 Å². The van der Waals surface area contributed by atoms with Gasteiger partial charge in [-0.15, -0.1) is 0 Å². The number of alkyl halides is 3. The van der Waals surface area contributed by atoms with Crippen LogP contribution in [0.3, 0.4) is 0 Å². The molecule has 2 fully saturated rings. The average molecular weight is 339 g/mol. The number of carbonyl (C=O) groups excluding carboxylic acids is 1. The summed E-state index contributed by atoms with van der Waals surface area (Å²) in [6, 6.07) is 1.16. The zero-order valence-corrected chi connectivity index (χ0v) is 12.8. The maximum absolute atomic E-state index is 13.0. The van der Waals surface area contributed by atoms with Crippen molar-refractivity contribution in [2.45, 2.75) is 25.1 Å². The molecule has 5 nitrogen and oxygen atoms in total. The van der Waals surface area contributed by atoms with E-state index < -0.39 is 17.6 Å². The molecule has 1 amide bonds. The second-order valence-electron chi connectivity index (χ2n) is 6.53. The summed E-state index contributed by atoms with van der Waals surface area (Å²) in [4.78, 5) is 18.6. The molecule has 4 heterocycles. The minimum absolute atomic E-state index is 0.0145. The van der Waals surface area contributed by atoms with Gasteiger partial charge in [-0.05, 0) is 31.4 Å². The first-order valence-corrected chi connectivity index (χ1v) is 7.88. The highest BCUT2D eigenvalue weighted by molar-refractivity contribution is 5.96. The molecule has 2 aliphatic heterocycles. The third-order valence-corrected chi connectivity index (χ3v) is 4.80. The number of fused-ring (bicyclic) bond motifs is 3. The van der Waals surface area contributed by atoms with Crippen molar-refractivity contribution in [2.75, 3.05) is 19.6 Å². The molecule has 4 rings (SSSR count). The highest BCUT2D eigenvalue weighted by Gasteiger charge is 2.36. The number of furan rings is 1. The molecule has 1 unspecified atom stereocenters. The summed E-state index contributed by atoms with van der Waals surface area (Å²) in [6.07, 6.45) is -0.672. The third-order valence-electron chi connectivity index (χ3n) is 4.80. The molecule has 24 heavy (non-hydrogen) atoms. The van der Waals surface area contributed by atoms with Crippen LogP contribution in [0.25, 0.3) is 11.0 Å². The van der Waals surface area contributed by atoms with Crippen LogP contribution >= 0.6 is 0 Å². The van der Waals surface area contributed by atoms with E-state index in [1.165, 1.54) is 0 Å². The first kappa shape index (κ1) is 15.4. The summed E-state index contributed by atoms with van der Waals surface area (Å²) in [7, 11) is 0. The summed E-state index contributed by atoms with van der Waals surface area (Å²) in [6.45, 7) is 2.90. The normalized spacial score (nSPS) is 26.7. The van der Waals surface area contributed by atoms with Crippen molar-refractivity contribution in [3.63, 3.8) is 0 Å². The van der Waals surface area contributed by atoms with Gasteiger partial charge >= 0.3 is 6.18 Å². The monoisotopic (exact) mass is 339 g/mol. The van der Waals surface area contributed by atoms with Gasteiger partial charge in [0.1, 0.15) is 17.5 Å². The Morgan fingerprint density at radius 2 is 2.21 bits per heavy atom. The lowest BCUT2D eigenvalue weighted by Crippen LogP contribution is -2.47. The fraction of sp³-hybridized carbons (Fsp3) is 0.500. The molecule has 2 bridgehead atoms. The summed E-state index contributed by atoms with van der Waals surface area (Å²) < 4.78 is 43.8. The van der Waals surface area contributed by atoms with Gasteiger partial charge in [0.15, 0.2) is 5.58 Å². The lowest BCUT2D eigenvalue weighted by Gasteiger charge is -2.30. The van der Waals surface area contributed by atoms with E-state index in [1.807, 2.05) is 0 Å². The van der Waals surface area contributed by atoms with E-state index in [4.69, 9.17) is 4.42 Å². The standard InChI is InChI=1S/C16H16F3N3O2/c17-16(18,19)12-8-24-14-5-20-13(4-11(12)14)15(23)21-10-3-9-1-2-22(6-9)7-10/h4-5,8-10H,1-3,6-7H2,(H,21,23)/t9-,10+/m0/s1. The van der Waals surface area contributed by atoms with Gasteiger partial charge in [0, 0.05) is 24.5 Å². The zero-order chi connectivity index (χ0) is 16.9. The summed E-state index contributed by atoms with van der Waals surface area (Å²) >= 11 is 0. The van der Waals surface area contributed by atoms with Crippen molar-refractivity contribution in [3.8, 4) is 0 Å². The van der Waals surface area contributed by atoms with Crippen LogP contribution in [-0.4, -0.2) is 41.5 Å². The number of hydrogen-bond donors (Lipinski definition) is 1. The molecule has 2 saturated heterocycles. The fourth-order valence-electron chi connectivity index (χ4n) is 3.70. The van der Waals surface area contributed by atoms with Gasteiger partial charge in [-0.3, -0.25) is 4.79 Å². The molecule has 2 aromatic heterocycles. The molecule has 128 valence electrons. The number of carbonyl (C=O) groups is 1. The Morgan fingerprint density at radius 3 is 2.96 bits per heavy atom. The number of piperidine rings is 1. The van der Waals surface area contributed by atoms with Crippen LogP contribution < -0.4 is 5.32 Å². The smallest absolute Gasteiger partial charge is 0.420 e. The highest BCUT2D eigenvalue weighted by Crippen LogP contribution is 2.36. The Kier molecular flexibility index (Phi) is 3.52. The lowest BCUT2D eigenvalue weighted by atomic mass is 9.97. The number of halogens is 3. The van der Waals surface area contributed by atoms with Crippen LogP contribution in [0.15, 0.2) is 22.9 Å². The Labute approximate surface area is 135 Å². The Bertz CT molecular complexity index is 774. The van der Waals surface area contributed by atoms with E-state index in [-0.39, 0.29) is 22.7 Å². The Balaban J connectivity index is 1.56. The second kappa shape index (κ2) is 5.47.